The number of pyridine rings is 2. The number of methoxy groups -OCH3 is 1. The number of ether oxygens (including phenoxy) is 1. The van der Waals surface area contributed by atoms with E-state index >= 15 is 0 Å². The Morgan fingerprint density at radius 1 is 1.10 bits per heavy atom. The van der Waals surface area contributed by atoms with Crippen molar-refractivity contribution in [2.45, 2.75) is 13.1 Å². The Bertz CT molecular complexity index is 1310. The van der Waals surface area contributed by atoms with E-state index in [0.717, 1.165) is 10.1 Å². The maximum Gasteiger partial charge on any atom is 0.352 e. The van der Waals surface area contributed by atoms with Gasteiger partial charge in [0.15, 0.2) is 5.82 Å². The second-order valence-electron chi connectivity index (χ2n) is 6.79. The van der Waals surface area contributed by atoms with E-state index in [0.29, 0.717) is 11.4 Å². The summed E-state index contributed by atoms with van der Waals surface area (Å²) in [5, 5.41) is 2.77. The van der Waals surface area contributed by atoms with Crippen LogP contribution in [-0.4, -0.2) is 32.1 Å². The quantitative estimate of drug-likeness (QED) is 0.511. The summed E-state index contributed by atoms with van der Waals surface area (Å²) < 4.78 is 7.70. The number of rotatable bonds is 6. The van der Waals surface area contributed by atoms with Gasteiger partial charge in [0.25, 0.3) is 5.56 Å². The van der Waals surface area contributed by atoms with Gasteiger partial charge in [-0.2, -0.15) is 4.98 Å². The summed E-state index contributed by atoms with van der Waals surface area (Å²) in [6, 6.07) is 13.6. The highest BCUT2D eigenvalue weighted by Crippen LogP contribution is 2.17. The third kappa shape index (κ3) is 4.35. The molecule has 0 spiro atoms. The van der Waals surface area contributed by atoms with Gasteiger partial charge in [-0.25, -0.2) is 4.79 Å². The van der Waals surface area contributed by atoms with E-state index in [1.165, 1.54) is 4.57 Å². The normalized spacial score (nSPS) is 10.7. The number of carbonyl (C=O) groups excluding carboxylic acids is 1. The van der Waals surface area contributed by atoms with Crippen LogP contribution >= 0.6 is 0 Å². The Hall–Kier alpha value is -4.27. The second-order valence-corrected chi connectivity index (χ2v) is 6.79. The molecule has 0 fully saturated rings. The third-order valence-electron chi connectivity index (χ3n) is 4.71. The zero-order chi connectivity index (χ0) is 21.8. The third-order valence-corrected chi connectivity index (χ3v) is 4.71. The Balaban J connectivity index is 1.62. The molecule has 0 saturated heterocycles. The Morgan fingerprint density at radius 2 is 1.90 bits per heavy atom. The molecule has 9 nitrogen and oxygen atoms in total. The number of aromatic nitrogens is 4. The van der Waals surface area contributed by atoms with Gasteiger partial charge in [0.2, 0.25) is 5.91 Å². The zero-order valence-corrected chi connectivity index (χ0v) is 16.7. The van der Waals surface area contributed by atoms with Crippen molar-refractivity contribution in [1.82, 2.24) is 19.1 Å². The fourth-order valence-electron chi connectivity index (χ4n) is 3.21. The van der Waals surface area contributed by atoms with Gasteiger partial charge in [0.1, 0.15) is 12.3 Å². The summed E-state index contributed by atoms with van der Waals surface area (Å²) in [5.74, 6) is 0.438. The van der Waals surface area contributed by atoms with Gasteiger partial charge in [-0.1, -0.05) is 6.07 Å². The lowest BCUT2D eigenvalue weighted by Crippen LogP contribution is -2.38. The molecule has 156 valence electrons. The van der Waals surface area contributed by atoms with Crippen LogP contribution in [0.3, 0.4) is 0 Å². The van der Waals surface area contributed by atoms with Crippen LogP contribution in [0.4, 0.5) is 5.69 Å². The SMILES string of the molecule is COc1cccc(NC(=O)Cn2cccc3c(=O)n(Cc4ccncc4)c(=O)nc2-3)c1. The lowest BCUT2D eigenvalue weighted by Gasteiger charge is -2.15. The van der Waals surface area contributed by atoms with Gasteiger partial charge in [0.05, 0.1) is 19.2 Å². The number of anilines is 1. The molecule has 0 radical (unpaired) electrons. The lowest BCUT2D eigenvalue weighted by molar-refractivity contribution is -0.116. The number of carbonyl (C=O) groups is 1. The molecule has 9 heteroatoms. The van der Waals surface area contributed by atoms with Crippen molar-refractivity contribution >= 4 is 11.6 Å². The van der Waals surface area contributed by atoms with Crippen LogP contribution in [0.2, 0.25) is 0 Å². The Labute approximate surface area is 176 Å². The van der Waals surface area contributed by atoms with Crippen molar-refractivity contribution in [3.63, 3.8) is 0 Å². The van der Waals surface area contributed by atoms with Crippen LogP contribution in [0.1, 0.15) is 5.56 Å². The Kier molecular flexibility index (Phi) is 5.57. The molecule has 0 unspecified atom stereocenters. The maximum absolute atomic E-state index is 12.9. The minimum atomic E-state index is -0.678. The minimum Gasteiger partial charge on any atom is -0.497 e. The first-order chi connectivity index (χ1) is 15.0. The zero-order valence-electron chi connectivity index (χ0n) is 16.7. The summed E-state index contributed by atoms with van der Waals surface area (Å²) in [6.07, 6.45) is 4.79. The predicted molar refractivity (Wildman–Crippen MR) is 114 cm³/mol. The average molecular weight is 417 g/mol. The van der Waals surface area contributed by atoms with Gasteiger partial charge in [0, 0.05) is 30.3 Å². The smallest absolute Gasteiger partial charge is 0.352 e. The standard InChI is InChI=1S/C22H19N5O4/c1-31-17-5-2-4-16(12-17)24-19(28)14-26-11-3-6-18-20(26)25-22(30)27(21(18)29)13-15-7-9-23-10-8-15/h2-12H,13-14H2,1H3,(H,24,28). The number of fused-ring (bicyclic) bond motifs is 1. The molecule has 0 aliphatic carbocycles. The summed E-state index contributed by atoms with van der Waals surface area (Å²) in [7, 11) is 1.54. The monoisotopic (exact) mass is 417 g/mol. The topological polar surface area (TPSA) is 108 Å². The van der Waals surface area contributed by atoms with E-state index in [1.807, 2.05) is 0 Å². The molecule has 1 N–H and O–H groups in total. The first-order valence-electron chi connectivity index (χ1n) is 9.48. The number of nitrogens with zero attached hydrogens (tertiary/aromatic N) is 4. The summed E-state index contributed by atoms with van der Waals surface area (Å²) in [4.78, 5) is 46.0. The highest BCUT2D eigenvalue weighted by atomic mass is 16.5. The van der Waals surface area contributed by atoms with E-state index < -0.39 is 11.2 Å². The first kappa shape index (κ1) is 20.0. The van der Waals surface area contributed by atoms with Gasteiger partial charge in [-0.3, -0.25) is 19.1 Å². The maximum atomic E-state index is 12.9. The molecule has 1 amide bonds. The molecule has 3 heterocycles. The minimum absolute atomic E-state index is 0.0916. The number of nitrogens with one attached hydrogen (secondary N) is 1. The van der Waals surface area contributed by atoms with Gasteiger partial charge < -0.3 is 14.6 Å². The fourth-order valence-corrected chi connectivity index (χ4v) is 3.21. The van der Waals surface area contributed by atoms with Crippen molar-refractivity contribution in [2.75, 3.05) is 12.4 Å². The highest BCUT2D eigenvalue weighted by Gasteiger charge is 2.18. The molecule has 2 aliphatic heterocycles. The number of hydrogen-bond donors (Lipinski definition) is 1. The van der Waals surface area contributed by atoms with Gasteiger partial charge in [-0.05, 0) is 42.0 Å². The first-order valence-corrected chi connectivity index (χ1v) is 9.48. The molecular formula is C22H19N5O4. The largest absolute Gasteiger partial charge is 0.497 e. The number of amides is 1. The van der Waals surface area contributed by atoms with Crippen molar-refractivity contribution in [3.8, 4) is 17.1 Å². The lowest BCUT2D eigenvalue weighted by atomic mass is 10.2. The van der Waals surface area contributed by atoms with Gasteiger partial charge >= 0.3 is 5.69 Å². The molecule has 2 aliphatic rings. The molecule has 4 rings (SSSR count). The van der Waals surface area contributed by atoms with Crippen LogP contribution in [0.25, 0.3) is 11.4 Å². The Morgan fingerprint density at radius 3 is 2.68 bits per heavy atom. The van der Waals surface area contributed by atoms with Crippen molar-refractivity contribution in [1.29, 1.82) is 0 Å². The fraction of sp³-hybridized carbons (Fsp3) is 0.136. The van der Waals surface area contributed by atoms with Crippen molar-refractivity contribution in [3.05, 3.63) is 93.5 Å². The highest BCUT2D eigenvalue weighted by molar-refractivity contribution is 5.91. The van der Waals surface area contributed by atoms with Crippen LogP contribution in [0.15, 0.2) is 76.7 Å². The van der Waals surface area contributed by atoms with Crippen LogP contribution in [0, 0.1) is 0 Å². The molecule has 1 aromatic heterocycles. The van der Waals surface area contributed by atoms with E-state index in [9.17, 15) is 14.4 Å². The second kappa shape index (κ2) is 8.62. The van der Waals surface area contributed by atoms with E-state index in [-0.39, 0.29) is 30.4 Å². The van der Waals surface area contributed by atoms with E-state index in [4.69, 9.17) is 4.74 Å². The average Bonchev–Trinajstić information content (AvgIpc) is 2.78. The van der Waals surface area contributed by atoms with Crippen LogP contribution in [-0.2, 0) is 17.9 Å². The predicted octanol–water partition coefficient (Wildman–Crippen LogP) is 1.60. The molecule has 0 bridgehead atoms. The number of hydrogen-bond acceptors (Lipinski definition) is 6. The van der Waals surface area contributed by atoms with Crippen molar-refractivity contribution < 1.29 is 9.53 Å². The summed E-state index contributed by atoms with van der Waals surface area (Å²) in [5.41, 5.74) is 0.446. The molecular weight excluding hydrogens is 398 g/mol. The molecule has 2 aromatic rings. The van der Waals surface area contributed by atoms with E-state index in [2.05, 4.69) is 15.3 Å². The van der Waals surface area contributed by atoms with Crippen molar-refractivity contribution in [2.24, 2.45) is 0 Å². The molecule has 1 aromatic carbocycles. The molecule has 0 saturated carbocycles. The van der Waals surface area contributed by atoms with Crippen LogP contribution < -0.4 is 21.3 Å². The summed E-state index contributed by atoms with van der Waals surface area (Å²) in [6.45, 7) is -0.0247. The van der Waals surface area contributed by atoms with Gasteiger partial charge in [-0.15, -0.1) is 0 Å². The molecule has 31 heavy (non-hydrogen) atoms. The number of benzene rings is 1. The van der Waals surface area contributed by atoms with Crippen LogP contribution in [0.5, 0.6) is 5.75 Å². The molecule has 0 atom stereocenters. The summed E-state index contributed by atoms with van der Waals surface area (Å²) >= 11 is 0. The van der Waals surface area contributed by atoms with E-state index in [1.54, 1.807) is 74.2 Å².